The van der Waals surface area contributed by atoms with Crippen LogP contribution in [0.3, 0.4) is 0 Å². The third kappa shape index (κ3) is 4.65. The van der Waals surface area contributed by atoms with E-state index in [2.05, 4.69) is 0 Å². The number of likely N-dealkylation sites (tertiary alicyclic amines) is 1. The van der Waals surface area contributed by atoms with Crippen LogP contribution in [0.5, 0.6) is 0 Å². The van der Waals surface area contributed by atoms with Crippen LogP contribution in [-0.2, 0) is 23.9 Å². The highest BCUT2D eigenvalue weighted by atomic mass is 16.6. The zero-order valence-electron chi connectivity index (χ0n) is 22.2. The van der Waals surface area contributed by atoms with E-state index < -0.39 is 41.6 Å². The molecule has 1 spiro atoms. The summed E-state index contributed by atoms with van der Waals surface area (Å²) in [4.78, 5) is 45.7. The number of cyclic esters (lactones) is 1. The minimum Gasteiger partial charge on any atom is -0.465 e. The first-order valence-corrected chi connectivity index (χ1v) is 14.3. The maximum atomic E-state index is 14.5. The number of carbonyl (C=O) groups is 3. The highest BCUT2D eigenvalue weighted by Gasteiger charge is 2.72. The van der Waals surface area contributed by atoms with Crippen LogP contribution in [-0.4, -0.2) is 82.3 Å². The predicted molar refractivity (Wildman–Crippen MR) is 137 cm³/mol. The van der Waals surface area contributed by atoms with Crippen molar-refractivity contribution in [3.63, 3.8) is 0 Å². The molecule has 3 fully saturated rings. The molecule has 8 heteroatoms. The van der Waals surface area contributed by atoms with Gasteiger partial charge in [-0.15, -0.1) is 0 Å². The van der Waals surface area contributed by atoms with Gasteiger partial charge in [-0.05, 0) is 44.4 Å². The summed E-state index contributed by atoms with van der Waals surface area (Å²) in [6.45, 7) is 4.61. The van der Waals surface area contributed by atoms with Gasteiger partial charge in [0.25, 0.3) is 0 Å². The second-order valence-electron chi connectivity index (χ2n) is 11.8. The Bertz CT molecular complexity index is 941. The quantitative estimate of drug-likeness (QED) is 0.448. The Morgan fingerprint density at radius 2 is 1.84 bits per heavy atom. The number of hydrogen-bond donors (Lipinski definition) is 1. The molecule has 204 valence electrons. The summed E-state index contributed by atoms with van der Waals surface area (Å²) in [7, 11) is 0. The average molecular weight is 515 g/mol. The summed E-state index contributed by atoms with van der Waals surface area (Å²) in [6.07, 6.45) is 15.4. The van der Waals surface area contributed by atoms with Gasteiger partial charge in [0.2, 0.25) is 11.8 Å². The predicted octanol–water partition coefficient (Wildman–Crippen LogP) is 2.99. The molecular formula is C29H42N2O6. The van der Waals surface area contributed by atoms with E-state index in [-0.39, 0.29) is 30.4 Å². The van der Waals surface area contributed by atoms with Gasteiger partial charge in [-0.25, -0.2) is 0 Å². The van der Waals surface area contributed by atoms with Crippen LogP contribution in [0.25, 0.3) is 0 Å². The molecule has 37 heavy (non-hydrogen) atoms. The van der Waals surface area contributed by atoms with Crippen LogP contribution < -0.4 is 0 Å². The molecule has 1 unspecified atom stereocenters. The lowest BCUT2D eigenvalue weighted by molar-refractivity contribution is -0.157. The van der Waals surface area contributed by atoms with Crippen molar-refractivity contribution in [3.05, 3.63) is 24.3 Å². The van der Waals surface area contributed by atoms with E-state index in [1.54, 1.807) is 4.90 Å². The van der Waals surface area contributed by atoms with Crippen molar-refractivity contribution < 1.29 is 29.0 Å². The molecule has 0 aromatic carbocycles. The molecule has 1 aliphatic carbocycles. The number of allylic oxidation sites excluding steroid dienone is 1. The normalized spacial score (nSPS) is 36.6. The van der Waals surface area contributed by atoms with Crippen LogP contribution in [0.4, 0.5) is 0 Å². The second kappa shape index (κ2) is 10.9. The van der Waals surface area contributed by atoms with Crippen molar-refractivity contribution in [2.24, 2.45) is 17.8 Å². The van der Waals surface area contributed by atoms with Gasteiger partial charge in [-0.1, -0.05) is 57.4 Å². The summed E-state index contributed by atoms with van der Waals surface area (Å²) >= 11 is 0. The summed E-state index contributed by atoms with van der Waals surface area (Å²) < 4.78 is 12.3. The average Bonchev–Trinajstić information content (AvgIpc) is 3.28. The van der Waals surface area contributed by atoms with Crippen molar-refractivity contribution >= 4 is 17.8 Å². The van der Waals surface area contributed by atoms with Gasteiger partial charge in [0.05, 0.1) is 31.3 Å². The van der Waals surface area contributed by atoms with Gasteiger partial charge in [-0.3, -0.25) is 14.4 Å². The lowest BCUT2D eigenvalue weighted by Crippen LogP contribution is -2.59. The van der Waals surface area contributed by atoms with Crippen LogP contribution in [0.15, 0.2) is 24.3 Å². The van der Waals surface area contributed by atoms with E-state index in [1.165, 1.54) is 6.42 Å². The molecule has 2 saturated heterocycles. The first-order valence-electron chi connectivity index (χ1n) is 14.3. The third-order valence-corrected chi connectivity index (χ3v) is 8.93. The zero-order chi connectivity index (χ0) is 26.2. The lowest BCUT2D eigenvalue weighted by Gasteiger charge is -2.41. The molecule has 5 aliphatic rings. The maximum absolute atomic E-state index is 14.5. The molecule has 6 atom stereocenters. The molecule has 4 heterocycles. The molecule has 0 aromatic rings. The number of carbonyl (C=O) groups excluding carboxylic acids is 3. The van der Waals surface area contributed by atoms with Crippen LogP contribution in [0.1, 0.15) is 71.6 Å². The Morgan fingerprint density at radius 3 is 2.57 bits per heavy atom. The smallest absolute Gasteiger partial charge is 0.312 e. The SMILES string of the molecule is CC(C)C[C@H](CO)N1C(=O)[C@@H]2[C@H]3C(=O)OCCCC/C=C\[C@H]3O[C@@]23C=CCN(C2CCCCC2)C(=O)C13. The highest BCUT2D eigenvalue weighted by molar-refractivity contribution is 5.99. The van der Waals surface area contributed by atoms with E-state index in [1.807, 2.05) is 43.1 Å². The molecule has 1 saturated carbocycles. The molecule has 2 amide bonds. The first-order chi connectivity index (χ1) is 17.9. The van der Waals surface area contributed by atoms with Gasteiger partial charge >= 0.3 is 5.97 Å². The van der Waals surface area contributed by atoms with Crippen LogP contribution in [0.2, 0.25) is 0 Å². The topological polar surface area (TPSA) is 96.4 Å². The fourth-order valence-electron chi connectivity index (χ4n) is 7.31. The number of nitrogens with zero attached hydrogens (tertiary/aromatic N) is 2. The van der Waals surface area contributed by atoms with Gasteiger partial charge in [0, 0.05) is 12.6 Å². The zero-order valence-corrected chi connectivity index (χ0v) is 22.2. The largest absolute Gasteiger partial charge is 0.465 e. The highest BCUT2D eigenvalue weighted by Crippen LogP contribution is 2.54. The van der Waals surface area contributed by atoms with Crippen LogP contribution >= 0.6 is 0 Å². The fraction of sp³-hybridized carbons (Fsp3) is 0.759. The number of ether oxygens (including phenoxy) is 2. The summed E-state index contributed by atoms with van der Waals surface area (Å²) in [5.74, 6) is -2.34. The van der Waals surface area contributed by atoms with Crippen molar-refractivity contribution in [2.75, 3.05) is 19.8 Å². The van der Waals surface area contributed by atoms with Gasteiger partial charge < -0.3 is 24.4 Å². The van der Waals surface area contributed by atoms with E-state index in [9.17, 15) is 19.5 Å². The molecule has 0 bridgehead atoms. The molecule has 8 nitrogen and oxygen atoms in total. The molecule has 1 N–H and O–H groups in total. The lowest BCUT2D eigenvalue weighted by atomic mass is 9.77. The second-order valence-corrected chi connectivity index (χ2v) is 11.8. The summed E-state index contributed by atoms with van der Waals surface area (Å²) in [6, 6.07) is -1.32. The molecule has 0 radical (unpaired) electrons. The van der Waals surface area contributed by atoms with E-state index in [0.717, 1.165) is 44.9 Å². The van der Waals surface area contributed by atoms with Gasteiger partial charge in [0.15, 0.2) is 0 Å². The fourth-order valence-corrected chi connectivity index (χ4v) is 7.31. The standard InChI is InChI=1S/C29H42N2O6/c1-19(2)17-21(18-32)31-25-27(34)30(20-11-6-5-7-12-20)15-10-14-29(25)24(26(31)33)23-22(37-29)13-8-3-4-9-16-36-28(23)35/h8,10,13-14,19-25,32H,3-7,9,11-12,15-18H2,1-2H3/b13-8-/t21-,22-,23+,24+,25?,29+/m1/s1. The third-order valence-electron chi connectivity index (χ3n) is 8.93. The first kappa shape index (κ1) is 26.4. The Hall–Kier alpha value is -2.19. The molecule has 0 aromatic heterocycles. The molecule has 5 rings (SSSR count). The van der Waals surface area contributed by atoms with Gasteiger partial charge in [0.1, 0.15) is 17.6 Å². The van der Waals surface area contributed by atoms with Crippen molar-refractivity contribution in [3.8, 4) is 0 Å². The summed E-state index contributed by atoms with van der Waals surface area (Å²) in [5, 5.41) is 10.4. The van der Waals surface area contributed by atoms with Crippen molar-refractivity contribution in [1.29, 1.82) is 0 Å². The minimum absolute atomic E-state index is 0.127. The Kier molecular flexibility index (Phi) is 7.78. The van der Waals surface area contributed by atoms with Crippen molar-refractivity contribution in [2.45, 2.75) is 101 Å². The summed E-state index contributed by atoms with van der Waals surface area (Å²) in [5.41, 5.74) is -1.27. The Labute approximate surface area is 220 Å². The number of fused-ring (bicyclic) bond motifs is 2. The van der Waals surface area contributed by atoms with E-state index in [0.29, 0.717) is 19.6 Å². The number of aliphatic hydroxyl groups is 1. The number of hydrogen-bond acceptors (Lipinski definition) is 6. The Balaban J connectivity index is 1.60. The number of amides is 2. The van der Waals surface area contributed by atoms with E-state index in [4.69, 9.17) is 9.47 Å². The van der Waals surface area contributed by atoms with Crippen molar-refractivity contribution in [1.82, 2.24) is 9.80 Å². The molecule has 4 aliphatic heterocycles. The molecular weight excluding hydrogens is 472 g/mol. The number of esters is 1. The van der Waals surface area contributed by atoms with E-state index >= 15 is 0 Å². The Morgan fingerprint density at radius 1 is 1.05 bits per heavy atom. The number of aliphatic hydroxyl groups excluding tert-OH is 1. The maximum Gasteiger partial charge on any atom is 0.312 e. The van der Waals surface area contributed by atoms with Crippen LogP contribution in [0, 0.1) is 17.8 Å². The minimum atomic E-state index is -1.27. The monoisotopic (exact) mass is 514 g/mol. The number of rotatable bonds is 5. The van der Waals surface area contributed by atoms with Gasteiger partial charge in [-0.2, -0.15) is 0 Å².